The quantitative estimate of drug-likeness (QED) is 0.626. The maximum atomic E-state index is 7.34. The number of nitrogens with two attached hydrogens (primary N) is 1. The van der Waals surface area contributed by atoms with Gasteiger partial charge < -0.3 is 10.5 Å². The molecule has 4 heteroatoms. The van der Waals surface area contributed by atoms with Crippen LogP contribution in [0.5, 0.6) is 5.75 Å². The molecule has 1 heterocycles. The van der Waals surface area contributed by atoms with Crippen molar-refractivity contribution in [2.45, 2.75) is 25.9 Å². The van der Waals surface area contributed by atoms with Crippen LogP contribution >= 0.6 is 0 Å². The van der Waals surface area contributed by atoms with Crippen LogP contribution in [0.1, 0.15) is 19.8 Å². The zero-order valence-corrected chi connectivity index (χ0v) is 10.4. The van der Waals surface area contributed by atoms with Gasteiger partial charge in [0.25, 0.3) is 0 Å². The molecule has 0 aliphatic carbocycles. The number of ether oxygens (including phenoxy) is 1. The number of hydrogen-bond donors (Lipinski definition) is 2. The Morgan fingerprint density at radius 1 is 1.39 bits per heavy atom. The second kappa shape index (κ2) is 5.49. The van der Waals surface area contributed by atoms with Crippen molar-refractivity contribution in [2.75, 3.05) is 0 Å². The van der Waals surface area contributed by atoms with E-state index in [0.29, 0.717) is 6.42 Å². The molecule has 0 saturated carbocycles. The fraction of sp³-hybridized carbons (Fsp3) is 0.286. The molecule has 0 bridgehead atoms. The molecular weight excluding hydrogens is 226 g/mol. The van der Waals surface area contributed by atoms with E-state index in [2.05, 4.69) is 4.98 Å². The molecule has 0 amide bonds. The van der Waals surface area contributed by atoms with Gasteiger partial charge in [-0.1, -0.05) is 25.1 Å². The summed E-state index contributed by atoms with van der Waals surface area (Å²) in [6.45, 7) is 2.02. The van der Waals surface area contributed by atoms with Gasteiger partial charge in [0.2, 0.25) is 0 Å². The smallest absolute Gasteiger partial charge is 0.145 e. The number of rotatable bonds is 5. The third-order valence-corrected chi connectivity index (χ3v) is 2.79. The summed E-state index contributed by atoms with van der Waals surface area (Å²) < 4.78 is 5.90. The van der Waals surface area contributed by atoms with Gasteiger partial charge in [0.05, 0.1) is 5.84 Å². The molecule has 0 aliphatic rings. The molecule has 1 aromatic heterocycles. The Balaban J connectivity index is 2.27. The highest BCUT2D eigenvalue weighted by Crippen LogP contribution is 2.25. The van der Waals surface area contributed by atoms with Crippen LogP contribution in [0.3, 0.4) is 0 Å². The Labute approximate surface area is 106 Å². The molecule has 3 N–H and O–H groups in total. The van der Waals surface area contributed by atoms with E-state index in [1.54, 1.807) is 6.20 Å². The molecule has 1 unspecified atom stereocenters. The fourth-order valence-corrected chi connectivity index (χ4v) is 1.87. The van der Waals surface area contributed by atoms with Crippen molar-refractivity contribution in [3.8, 4) is 5.75 Å². The van der Waals surface area contributed by atoms with E-state index < -0.39 is 0 Å². The lowest BCUT2D eigenvalue weighted by atomic mass is 10.1. The number of pyridine rings is 1. The Morgan fingerprint density at radius 2 is 2.17 bits per heavy atom. The van der Waals surface area contributed by atoms with Gasteiger partial charge in [0.1, 0.15) is 17.4 Å². The van der Waals surface area contributed by atoms with Crippen LogP contribution in [-0.4, -0.2) is 16.9 Å². The highest BCUT2D eigenvalue weighted by molar-refractivity contribution is 5.84. The minimum atomic E-state index is -0.0740. The van der Waals surface area contributed by atoms with Gasteiger partial charge in [-0.15, -0.1) is 0 Å². The van der Waals surface area contributed by atoms with Crippen molar-refractivity contribution in [2.24, 2.45) is 5.73 Å². The van der Waals surface area contributed by atoms with Crippen molar-refractivity contribution in [1.29, 1.82) is 5.41 Å². The van der Waals surface area contributed by atoms with E-state index in [-0.39, 0.29) is 11.9 Å². The first kappa shape index (κ1) is 12.4. The summed E-state index contributed by atoms with van der Waals surface area (Å²) in [5.74, 6) is 0.899. The van der Waals surface area contributed by atoms with Gasteiger partial charge in [-0.05, 0) is 18.6 Å². The van der Waals surface area contributed by atoms with E-state index in [0.717, 1.165) is 23.1 Å². The molecule has 94 valence electrons. The molecule has 0 saturated heterocycles. The van der Waals surface area contributed by atoms with Crippen LogP contribution in [0.15, 0.2) is 36.5 Å². The van der Waals surface area contributed by atoms with E-state index in [1.165, 1.54) is 0 Å². The summed E-state index contributed by atoms with van der Waals surface area (Å²) >= 11 is 0. The van der Waals surface area contributed by atoms with Gasteiger partial charge in [-0.3, -0.25) is 10.4 Å². The number of nitrogens with zero attached hydrogens (tertiary/aromatic N) is 1. The maximum absolute atomic E-state index is 7.34. The normalized spacial score (nSPS) is 12.3. The summed E-state index contributed by atoms with van der Waals surface area (Å²) in [6.07, 6.45) is 2.93. The van der Waals surface area contributed by atoms with Crippen LogP contribution in [-0.2, 0) is 0 Å². The second-order valence-corrected chi connectivity index (χ2v) is 4.21. The summed E-state index contributed by atoms with van der Waals surface area (Å²) in [5, 5.41) is 8.39. The van der Waals surface area contributed by atoms with Gasteiger partial charge >= 0.3 is 0 Å². The molecule has 4 nitrogen and oxygen atoms in total. The Kier molecular flexibility index (Phi) is 3.77. The third kappa shape index (κ3) is 2.77. The lowest BCUT2D eigenvalue weighted by molar-refractivity contribution is 0.207. The molecule has 2 aromatic rings. The summed E-state index contributed by atoms with van der Waals surface area (Å²) in [4.78, 5) is 4.34. The minimum absolute atomic E-state index is 0.0740. The molecule has 0 radical (unpaired) electrons. The summed E-state index contributed by atoms with van der Waals surface area (Å²) in [6, 6.07) is 9.75. The SMILES string of the molecule is CCC(CC(=N)N)Oc1cccc2cccnc12. The first-order chi connectivity index (χ1) is 8.70. The standard InChI is InChI=1S/C14H17N3O/c1-2-11(9-13(15)16)18-12-7-3-5-10-6-4-8-17-14(10)12/h3-8,11H,2,9H2,1H3,(H3,15,16). The average molecular weight is 243 g/mol. The summed E-state index contributed by atoms with van der Waals surface area (Å²) in [7, 11) is 0. The van der Waals surface area contributed by atoms with E-state index >= 15 is 0 Å². The average Bonchev–Trinajstić information content (AvgIpc) is 2.38. The van der Waals surface area contributed by atoms with Gasteiger partial charge in [0, 0.05) is 18.0 Å². The summed E-state index contributed by atoms with van der Waals surface area (Å²) in [5.41, 5.74) is 6.27. The van der Waals surface area contributed by atoms with Crippen LogP contribution in [0, 0.1) is 5.41 Å². The lowest BCUT2D eigenvalue weighted by Gasteiger charge is -2.17. The van der Waals surface area contributed by atoms with Crippen molar-refractivity contribution in [3.63, 3.8) is 0 Å². The first-order valence-corrected chi connectivity index (χ1v) is 6.04. The number of fused-ring (bicyclic) bond motifs is 1. The number of benzene rings is 1. The molecule has 1 aromatic carbocycles. The molecule has 0 spiro atoms. The number of hydrogen-bond acceptors (Lipinski definition) is 3. The fourth-order valence-electron chi connectivity index (χ4n) is 1.87. The lowest BCUT2D eigenvalue weighted by Crippen LogP contribution is -2.24. The molecule has 1 atom stereocenters. The predicted octanol–water partition coefficient (Wildman–Crippen LogP) is 2.72. The monoisotopic (exact) mass is 243 g/mol. The van der Waals surface area contributed by atoms with Crippen molar-refractivity contribution in [3.05, 3.63) is 36.5 Å². The number of aromatic nitrogens is 1. The molecule has 0 fully saturated rings. The maximum Gasteiger partial charge on any atom is 0.145 e. The van der Waals surface area contributed by atoms with Crippen LogP contribution in [0.25, 0.3) is 10.9 Å². The zero-order chi connectivity index (χ0) is 13.0. The third-order valence-electron chi connectivity index (χ3n) is 2.79. The van der Waals surface area contributed by atoms with Gasteiger partial charge in [0.15, 0.2) is 0 Å². The van der Waals surface area contributed by atoms with Crippen molar-refractivity contribution in [1.82, 2.24) is 4.98 Å². The second-order valence-electron chi connectivity index (χ2n) is 4.21. The van der Waals surface area contributed by atoms with E-state index in [1.807, 2.05) is 37.3 Å². The van der Waals surface area contributed by atoms with Crippen LogP contribution in [0.2, 0.25) is 0 Å². The highest BCUT2D eigenvalue weighted by atomic mass is 16.5. The van der Waals surface area contributed by atoms with E-state index in [4.69, 9.17) is 15.9 Å². The number of amidine groups is 1. The molecule has 0 aliphatic heterocycles. The zero-order valence-electron chi connectivity index (χ0n) is 10.4. The number of para-hydroxylation sites is 1. The van der Waals surface area contributed by atoms with Gasteiger partial charge in [-0.25, -0.2) is 0 Å². The van der Waals surface area contributed by atoms with Crippen molar-refractivity contribution >= 4 is 16.7 Å². The van der Waals surface area contributed by atoms with E-state index in [9.17, 15) is 0 Å². The Hall–Kier alpha value is -2.10. The Bertz CT molecular complexity index is 548. The van der Waals surface area contributed by atoms with Gasteiger partial charge in [-0.2, -0.15) is 0 Å². The predicted molar refractivity (Wildman–Crippen MR) is 73.0 cm³/mol. The van der Waals surface area contributed by atoms with Crippen LogP contribution < -0.4 is 10.5 Å². The molecular formula is C14H17N3O. The minimum Gasteiger partial charge on any atom is -0.488 e. The van der Waals surface area contributed by atoms with Crippen molar-refractivity contribution < 1.29 is 4.74 Å². The Morgan fingerprint density at radius 3 is 2.89 bits per heavy atom. The highest BCUT2D eigenvalue weighted by Gasteiger charge is 2.12. The molecule has 18 heavy (non-hydrogen) atoms. The topological polar surface area (TPSA) is 72.0 Å². The first-order valence-electron chi connectivity index (χ1n) is 6.04. The molecule has 2 rings (SSSR count). The van der Waals surface area contributed by atoms with Crippen LogP contribution in [0.4, 0.5) is 0 Å². The largest absolute Gasteiger partial charge is 0.488 e. The number of nitrogens with one attached hydrogen (secondary N) is 1.